The van der Waals surface area contributed by atoms with Crippen LogP contribution < -0.4 is 0 Å². The third-order valence-electron chi connectivity index (χ3n) is 9.72. The van der Waals surface area contributed by atoms with Crippen molar-refractivity contribution in [1.29, 1.82) is 0 Å². The number of hydrogen-bond donors (Lipinski definition) is 6. The molecule has 4 aliphatic rings. The van der Waals surface area contributed by atoms with Gasteiger partial charge in [-0.1, -0.05) is 39.3 Å². The minimum Gasteiger partial charge on any atom is -0.394 e. The van der Waals surface area contributed by atoms with Crippen molar-refractivity contribution in [3.63, 3.8) is 0 Å². The van der Waals surface area contributed by atoms with Gasteiger partial charge in [0.25, 0.3) is 0 Å². The molecule has 0 aromatic heterocycles. The van der Waals surface area contributed by atoms with Crippen molar-refractivity contribution in [1.82, 2.24) is 0 Å². The van der Waals surface area contributed by atoms with Crippen molar-refractivity contribution in [2.45, 2.75) is 103 Å². The van der Waals surface area contributed by atoms with Crippen LogP contribution in [0.2, 0.25) is 0 Å². The van der Waals surface area contributed by atoms with Crippen molar-refractivity contribution in [3.8, 4) is 0 Å². The second kappa shape index (κ2) is 9.44. The number of aliphatic hydroxyl groups is 6. The van der Waals surface area contributed by atoms with Crippen molar-refractivity contribution < 1.29 is 44.9 Å². The molecule has 11 atom stereocenters. The van der Waals surface area contributed by atoms with Crippen molar-refractivity contribution in [2.24, 2.45) is 28.1 Å². The molecule has 0 spiro atoms. The molecule has 9 heteroatoms. The minimum atomic E-state index is -1.56. The molecule has 1 heterocycles. The van der Waals surface area contributed by atoms with Gasteiger partial charge in [-0.25, -0.2) is 0 Å². The average Bonchev–Trinajstić information content (AvgIpc) is 2.80. The highest BCUT2D eigenvalue weighted by Gasteiger charge is 2.61. The van der Waals surface area contributed by atoms with Crippen LogP contribution in [0.3, 0.4) is 0 Å². The zero-order valence-corrected chi connectivity index (χ0v) is 21.1. The van der Waals surface area contributed by atoms with Gasteiger partial charge < -0.3 is 40.1 Å². The fourth-order valence-electron chi connectivity index (χ4n) is 7.69. The summed E-state index contributed by atoms with van der Waals surface area (Å²) in [6.45, 7) is 7.30. The SMILES string of the molecule is CC1(C)[C@H]2CCC3=C[C@@](C)([C@H](O)CO)CC[C@H]3[C@]2(C)CC(=O)[C@@H]1O[C@@H]1O[C@H](CO)[C@@H](O)[C@H](O)[C@H]1O. The van der Waals surface area contributed by atoms with Gasteiger partial charge in [-0.05, 0) is 42.9 Å². The molecule has 4 rings (SSSR count). The van der Waals surface area contributed by atoms with E-state index >= 15 is 0 Å². The first-order chi connectivity index (χ1) is 16.3. The number of allylic oxidation sites excluding steroid dienone is 1. The number of ketones is 1. The van der Waals surface area contributed by atoms with Crippen molar-refractivity contribution >= 4 is 5.78 Å². The Hall–Kier alpha value is -0.910. The van der Waals surface area contributed by atoms with Gasteiger partial charge >= 0.3 is 0 Å². The quantitative estimate of drug-likeness (QED) is 0.231. The predicted octanol–water partition coefficient (Wildman–Crippen LogP) is 0.283. The van der Waals surface area contributed by atoms with Crippen LogP contribution in [0.1, 0.15) is 59.8 Å². The summed E-state index contributed by atoms with van der Waals surface area (Å²) < 4.78 is 11.6. The summed E-state index contributed by atoms with van der Waals surface area (Å²) in [6.07, 6.45) is -3.09. The molecule has 35 heavy (non-hydrogen) atoms. The van der Waals surface area contributed by atoms with Crippen LogP contribution in [0.25, 0.3) is 0 Å². The fraction of sp³-hybridized carbons (Fsp3) is 0.885. The third kappa shape index (κ3) is 4.32. The lowest BCUT2D eigenvalue weighted by Crippen LogP contribution is -2.64. The Kier molecular flexibility index (Phi) is 7.32. The van der Waals surface area contributed by atoms with Crippen LogP contribution >= 0.6 is 0 Å². The number of rotatable bonds is 5. The molecule has 3 aliphatic carbocycles. The van der Waals surface area contributed by atoms with E-state index < -0.39 is 60.4 Å². The highest BCUT2D eigenvalue weighted by molar-refractivity contribution is 5.86. The van der Waals surface area contributed by atoms with Gasteiger partial charge in [0.15, 0.2) is 12.1 Å². The molecule has 6 N–H and O–H groups in total. The van der Waals surface area contributed by atoms with Gasteiger partial charge in [0.1, 0.15) is 30.5 Å². The Morgan fingerprint density at radius 2 is 1.77 bits per heavy atom. The molecular formula is C26H42O9. The molecular weight excluding hydrogens is 456 g/mol. The van der Waals surface area contributed by atoms with Crippen LogP contribution in [-0.4, -0.2) is 92.5 Å². The molecule has 0 radical (unpaired) electrons. The first kappa shape index (κ1) is 27.1. The number of ether oxygens (including phenoxy) is 2. The number of fused-ring (bicyclic) bond motifs is 3. The smallest absolute Gasteiger partial charge is 0.187 e. The Bertz CT molecular complexity index is 841. The third-order valence-corrected chi connectivity index (χ3v) is 9.72. The second-order valence-corrected chi connectivity index (χ2v) is 12.3. The molecule has 0 aromatic rings. The topological polar surface area (TPSA) is 157 Å². The number of carbonyl (C=O) groups excluding carboxylic acids is 1. The van der Waals surface area contributed by atoms with Crippen molar-refractivity contribution in [3.05, 3.63) is 11.6 Å². The van der Waals surface area contributed by atoms with E-state index in [-0.39, 0.29) is 29.6 Å². The van der Waals surface area contributed by atoms with Crippen LogP contribution in [0.5, 0.6) is 0 Å². The maximum absolute atomic E-state index is 13.6. The number of carbonyl (C=O) groups is 1. The van der Waals surface area contributed by atoms with E-state index in [1.807, 2.05) is 20.8 Å². The summed E-state index contributed by atoms with van der Waals surface area (Å²) in [6, 6.07) is 0. The predicted molar refractivity (Wildman–Crippen MR) is 125 cm³/mol. The van der Waals surface area contributed by atoms with E-state index in [1.54, 1.807) is 0 Å². The summed E-state index contributed by atoms with van der Waals surface area (Å²) in [7, 11) is 0. The Morgan fingerprint density at radius 1 is 1.09 bits per heavy atom. The molecule has 1 saturated heterocycles. The molecule has 9 nitrogen and oxygen atoms in total. The standard InChI is InChI=1S/C26H42O9/c1-24(2)17-6-5-13-9-25(3,18(30)12-28)8-7-14(13)26(17,4)10-15(29)22(24)35-23-21(33)20(32)19(31)16(11-27)34-23/h9,14,16-23,27-28,30-33H,5-8,10-12H2,1-4H3/t14-,16-,17-,18-,19-,20+,21-,22+,23+,25+,26+/m1/s1. The van der Waals surface area contributed by atoms with E-state index in [4.69, 9.17) is 9.47 Å². The molecule has 0 aromatic carbocycles. The highest BCUT2D eigenvalue weighted by Crippen LogP contribution is 2.63. The van der Waals surface area contributed by atoms with E-state index in [0.29, 0.717) is 6.42 Å². The first-order valence-electron chi connectivity index (χ1n) is 12.8. The lowest BCUT2D eigenvalue weighted by Gasteiger charge is -2.61. The highest BCUT2D eigenvalue weighted by atomic mass is 16.7. The zero-order chi connectivity index (χ0) is 25.9. The number of Topliss-reactive ketones (excluding diaryl/α,β-unsaturated/α-hetero) is 1. The first-order valence-corrected chi connectivity index (χ1v) is 12.8. The Morgan fingerprint density at radius 3 is 2.40 bits per heavy atom. The van der Waals surface area contributed by atoms with Gasteiger partial charge in [-0.2, -0.15) is 0 Å². The summed E-state index contributed by atoms with van der Waals surface area (Å²) in [4.78, 5) is 13.6. The average molecular weight is 499 g/mol. The molecule has 0 amide bonds. The monoisotopic (exact) mass is 498 g/mol. The summed E-state index contributed by atoms with van der Waals surface area (Å²) in [5.41, 5.74) is -0.125. The maximum Gasteiger partial charge on any atom is 0.187 e. The van der Waals surface area contributed by atoms with Crippen LogP contribution in [0.15, 0.2) is 11.6 Å². The number of hydrogen-bond acceptors (Lipinski definition) is 9. The van der Waals surface area contributed by atoms with Crippen molar-refractivity contribution in [2.75, 3.05) is 13.2 Å². The van der Waals surface area contributed by atoms with Gasteiger partial charge in [0.05, 0.1) is 19.3 Å². The molecule has 200 valence electrons. The lowest BCUT2D eigenvalue weighted by molar-refractivity contribution is -0.320. The van der Waals surface area contributed by atoms with Gasteiger partial charge in [0, 0.05) is 17.3 Å². The van der Waals surface area contributed by atoms with Gasteiger partial charge in [0.2, 0.25) is 0 Å². The molecule has 0 unspecified atom stereocenters. The second-order valence-electron chi connectivity index (χ2n) is 12.3. The van der Waals surface area contributed by atoms with Crippen LogP contribution in [0, 0.1) is 28.1 Å². The molecule has 2 saturated carbocycles. The largest absolute Gasteiger partial charge is 0.394 e. The lowest BCUT2D eigenvalue weighted by atomic mass is 9.44. The summed E-state index contributed by atoms with van der Waals surface area (Å²) in [5, 5.41) is 60.1. The Labute approximate surface area is 206 Å². The van der Waals surface area contributed by atoms with Crippen LogP contribution in [-0.2, 0) is 14.3 Å². The van der Waals surface area contributed by atoms with E-state index in [9.17, 15) is 35.4 Å². The normalized spacial score (nSPS) is 48.5. The fourth-order valence-corrected chi connectivity index (χ4v) is 7.69. The molecule has 1 aliphatic heterocycles. The molecule has 3 fully saturated rings. The summed E-state index contributed by atoms with van der Waals surface area (Å²) >= 11 is 0. The van der Waals surface area contributed by atoms with Gasteiger partial charge in [-0.15, -0.1) is 0 Å². The number of aliphatic hydroxyl groups excluding tert-OH is 6. The zero-order valence-electron chi connectivity index (χ0n) is 21.1. The summed E-state index contributed by atoms with van der Waals surface area (Å²) in [5.74, 6) is 0.226. The maximum atomic E-state index is 13.6. The molecule has 0 bridgehead atoms. The van der Waals surface area contributed by atoms with Gasteiger partial charge in [-0.3, -0.25) is 4.79 Å². The minimum absolute atomic E-state index is 0.101. The van der Waals surface area contributed by atoms with E-state index in [1.165, 1.54) is 5.57 Å². The Balaban J connectivity index is 1.58. The van der Waals surface area contributed by atoms with E-state index in [0.717, 1.165) is 25.7 Å². The van der Waals surface area contributed by atoms with Crippen LogP contribution in [0.4, 0.5) is 0 Å². The van der Waals surface area contributed by atoms with E-state index in [2.05, 4.69) is 13.0 Å².